The molecular weight excluding hydrogens is 276 g/mol. The molecule has 0 heterocycles. The van der Waals surface area contributed by atoms with Gasteiger partial charge in [-0.25, -0.2) is 4.39 Å². The molecule has 20 heavy (non-hydrogen) atoms. The first kappa shape index (κ1) is 14.3. The molecule has 0 amide bonds. The minimum atomic E-state index is -4.84. The summed E-state index contributed by atoms with van der Waals surface area (Å²) in [6.07, 6.45) is -4.84. The molecule has 0 unspecified atom stereocenters. The summed E-state index contributed by atoms with van der Waals surface area (Å²) in [5.74, 6) is -0.908. The van der Waals surface area contributed by atoms with E-state index in [0.717, 1.165) is 6.07 Å². The summed E-state index contributed by atoms with van der Waals surface area (Å²) in [6.45, 7) is -0.574. The maximum Gasteiger partial charge on any atom is 0.573 e. The molecular formula is C14H10F4O2. The quantitative estimate of drug-likeness (QED) is 0.868. The highest BCUT2D eigenvalue weighted by Gasteiger charge is 2.32. The summed E-state index contributed by atoms with van der Waals surface area (Å²) in [5.41, 5.74) is 0.998. The number of hydrogen-bond donors (Lipinski definition) is 1. The van der Waals surface area contributed by atoms with Crippen LogP contribution in [0.5, 0.6) is 5.75 Å². The molecule has 0 aliphatic heterocycles. The minimum Gasteiger partial charge on any atom is -0.405 e. The maximum absolute atomic E-state index is 12.8. The number of hydrogen-bond acceptors (Lipinski definition) is 2. The first-order valence-corrected chi connectivity index (χ1v) is 5.64. The third-order valence-electron chi connectivity index (χ3n) is 2.64. The second-order valence-corrected chi connectivity index (χ2v) is 4.04. The molecule has 106 valence electrons. The van der Waals surface area contributed by atoms with Crippen LogP contribution < -0.4 is 4.74 Å². The Labute approximate surface area is 112 Å². The Hall–Kier alpha value is -2.08. The molecule has 0 aliphatic rings. The fourth-order valence-electron chi connectivity index (χ4n) is 1.73. The van der Waals surface area contributed by atoms with E-state index < -0.39 is 24.5 Å². The van der Waals surface area contributed by atoms with Gasteiger partial charge in [-0.3, -0.25) is 0 Å². The van der Waals surface area contributed by atoms with Crippen LogP contribution in [0.3, 0.4) is 0 Å². The fourth-order valence-corrected chi connectivity index (χ4v) is 1.73. The van der Waals surface area contributed by atoms with Crippen LogP contribution in [0.15, 0.2) is 42.5 Å². The second kappa shape index (κ2) is 5.50. The lowest BCUT2D eigenvalue weighted by Gasteiger charge is -2.13. The van der Waals surface area contributed by atoms with Crippen LogP contribution in [-0.4, -0.2) is 11.5 Å². The normalized spacial score (nSPS) is 11.4. The largest absolute Gasteiger partial charge is 0.573 e. The van der Waals surface area contributed by atoms with Crippen LogP contribution in [-0.2, 0) is 6.61 Å². The maximum atomic E-state index is 12.8. The molecule has 0 spiro atoms. The zero-order valence-corrected chi connectivity index (χ0v) is 10.1. The topological polar surface area (TPSA) is 29.5 Å². The van der Waals surface area contributed by atoms with Gasteiger partial charge in [-0.05, 0) is 29.3 Å². The van der Waals surface area contributed by atoms with Gasteiger partial charge in [0.05, 0.1) is 6.61 Å². The van der Waals surface area contributed by atoms with Crippen molar-refractivity contribution in [3.05, 3.63) is 53.8 Å². The van der Waals surface area contributed by atoms with E-state index in [9.17, 15) is 17.6 Å². The number of ether oxygens (including phenoxy) is 1. The van der Waals surface area contributed by atoms with Gasteiger partial charge in [-0.2, -0.15) is 0 Å². The summed E-state index contributed by atoms with van der Waals surface area (Å²) in [4.78, 5) is 0. The van der Waals surface area contributed by atoms with Gasteiger partial charge in [0.1, 0.15) is 11.6 Å². The van der Waals surface area contributed by atoms with Gasteiger partial charge in [0, 0.05) is 5.56 Å². The Balaban J connectivity index is 2.41. The zero-order chi connectivity index (χ0) is 14.8. The van der Waals surface area contributed by atoms with Crippen LogP contribution in [0.25, 0.3) is 11.1 Å². The van der Waals surface area contributed by atoms with Crippen LogP contribution in [0, 0.1) is 5.82 Å². The van der Waals surface area contributed by atoms with Crippen molar-refractivity contribution >= 4 is 0 Å². The molecule has 2 aromatic carbocycles. The molecule has 0 radical (unpaired) electrons. The van der Waals surface area contributed by atoms with Crippen LogP contribution >= 0.6 is 0 Å². The smallest absolute Gasteiger partial charge is 0.405 e. The summed E-state index contributed by atoms with van der Waals surface area (Å²) < 4.78 is 53.6. The predicted octanol–water partition coefficient (Wildman–Crippen LogP) is 3.88. The van der Waals surface area contributed by atoms with Gasteiger partial charge in [0.25, 0.3) is 0 Å². The number of halogens is 4. The molecule has 0 aromatic heterocycles. The molecule has 2 nitrogen and oxygen atoms in total. The third kappa shape index (κ3) is 3.48. The molecule has 0 saturated carbocycles. The number of aliphatic hydroxyl groups is 1. The van der Waals surface area contributed by atoms with Crippen LogP contribution in [0.4, 0.5) is 17.6 Å². The monoisotopic (exact) mass is 286 g/mol. The van der Waals surface area contributed by atoms with E-state index in [0.29, 0.717) is 11.1 Å². The van der Waals surface area contributed by atoms with Gasteiger partial charge in [-0.1, -0.05) is 24.3 Å². The van der Waals surface area contributed by atoms with Crippen LogP contribution in [0.1, 0.15) is 5.56 Å². The van der Waals surface area contributed by atoms with Gasteiger partial charge >= 0.3 is 6.36 Å². The van der Waals surface area contributed by atoms with E-state index in [2.05, 4.69) is 4.74 Å². The van der Waals surface area contributed by atoms with Crippen molar-refractivity contribution in [2.75, 3.05) is 0 Å². The molecule has 2 aromatic rings. The zero-order valence-electron chi connectivity index (χ0n) is 10.1. The van der Waals surface area contributed by atoms with Crippen molar-refractivity contribution in [2.45, 2.75) is 13.0 Å². The number of benzene rings is 2. The van der Waals surface area contributed by atoms with Crippen molar-refractivity contribution in [2.24, 2.45) is 0 Å². The minimum absolute atomic E-state index is 0.0215. The second-order valence-electron chi connectivity index (χ2n) is 4.04. The van der Waals surface area contributed by atoms with Crippen molar-refractivity contribution < 1.29 is 27.4 Å². The highest BCUT2D eigenvalue weighted by molar-refractivity contribution is 5.66. The Morgan fingerprint density at radius 1 is 0.950 bits per heavy atom. The molecule has 2 rings (SSSR count). The number of aliphatic hydroxyl groups excluding tert-OH is 1. The lowest BCUT2D eigenvalue weighted by molar-refractivity contribution is -0.275. The molecule has 0 bridgehead atoms. The van der Waals surface area contributed by atoms with E-state index in [1.54, 1.807) is 0 Å². The summed E-state index contributed by atoms with van der Waals surface area (Å²) in [6, 6.07) is 9.33. The van der Waals surface area contributed by atoms with Crippen molar-refractivity contribution in [1.29, 1.82) is 0 Å². The SMILES string of the molecule is OCc1ccc(-c2ccc(F)cc2)cc1OC(F)(F)F. The molecule has 0 aliphatic carbocycles. The average Bonchev–Trinajstić information content (AvgIpc) is 2.37. The lowest BCUT2D eigenvalue weighted by Crippen LogP contribution is -2.18. The van der Waals surface area contributed by atoms with E-state index in [1.807, 2.05) is 0 Å². The van der Waals surface area contributed by atoms with E-state index in [1.165, 1.54) is 36.4 Å². The highest BCUT2D eigenvalue weighted by Crippen LogP contribution is 2.31. The molecule has 0 fully saturated rings. The van der Waals surface area contributed by atoms with Gasteiger partial charge < -0.3 is 9.84 Å². The van der Waals surface area contributed by atoms with Crippen molar-refractivity contribution in [3.63, 3.8) is 0 Å². The first-order valence-electron chi connectivity index (χ1n) is 5.64. The fraction of sp³-hybridized carbons (Fsp3) is 0.143. The van der Waals surface area contributed by atoms with Crippen molar-refractivity contribution in [3.8, 4) is 16.9 Å². The molecule has 1 N–H and O–H groups in total. The number of alkyl halides is 3. The van der Waals surface area contributed by atoms with E-state index in [4.69, 9.17) is 5.11 Å². The first-order chi connectivity index (χ1) is 9.39. The Bertz CT molecular complexity index is 591. The lowest BCUT2D eigenvalue weighted by atomic mass is 10.0. The summed E-state index contributed by atoms with van der Waals surface area (Å²) in [7, 11) is 0. The Morgan fingerprint density at radius 2 is 1.55 bits per heavy atom. The standard InChI is InChI=1S/C14H10F4O2/c15-12-5-3-9(4-6-12)10-1-2-11(8-19)13(7-10)20-14(16,17)18/h1-7,19H,8H2. The third-order valence-corrected chi connectivity index (χ3v) is 2.64. The predicted molar refractivity (Wildman–Crippen MR) is 64.4 cm³/mol. The summed E-state index contributed by atoms with van der Waals surface area (Å²) >= 11 is 0. The Morgan fingerprint density at radius 3 is 2.10 bits per heavy atom. The molecule has 0 saturated heterocycles. The van der Waals surface area contributed by atoms with Gasteiger partial charge in [0.15, 0.2) is 0 Å². The highest BCUT2D eigenvalue weighted by atomic mass is 19.4. The Kier molecular flexibility index (Phi) is 3.94. The van der Waals surface area contributed by atoms with Gasteiger partial charge in [0.2, 0.25) is 0 Å². The van der Waals surface area contributed by atoms with Crippen molar-refractivity contribution in [1.82, 2.24) is 0 Å². The average molecular weight is 286 g/mol. The van der Waals surface area contributed by atoms with Crippen LogP contribution in [0.2, 0.25) is 0 Å². The molecule has 0 atom stereocenters. The van der Waals surface area contributed by atoms with Gasteiger partial charge in [-0.15, -0.1) is 13.2 Å². The summed E-state index contributed by atoms with van der Waals surface area (Å²) in [5, 5.41) is 9.02. The number of rotatable bonds is 3. The van der Waals surface area contributed by atoms with E-state index in [-0.39, 0.29) is 5.56 Å². The molecule has 6 heteroatoms. The van der Waals surface area contributed by atoms with E-state index >= 15 is 0 Å².